The first-order valence-corrected chi connectivity index (χ1v) is 6.60. The van der Waals surface area contributed by atoms with Crippen LogP contribution in [0.1, 0.15) is 19.3 Å². The molecule has 2 aliphatic rings. The number of hydrogen-bond donors (Lipinski definition) is 3. The third-order valence-corrected chi connectivity index (χ3v) is 3.42. The summed E-state index contributed by atoms with van der Waals surface area (Å²) >= 11 is 0. The molecule has 0 aromatic heterocycles. The second-order valence-corrected chi connectivity index (χ2v) is 4.93. The lowest BCUT2D eigenvalue weighted by Crippen LogP contribution is -2.35. The van der Waals surface area contributed by atoms with E-state index in [9.17, 15) is 4.79 Å². The van der Waals surface area contributed by atoms with Gasteiger partial charge in [-0.3, -0.25) is 4.79 Å². The van der Waals surface area contributed by atoms with E-state index in [1.165, 1.54) is 19.3 Å². The molecule has 6 nitrogen and oxygen atoms in total. The highest BCUT2D eigenvalue weighted by Gasteiger charge is 2.19. The highest BCUT2D eigenvalue weighted by molar-refractivity contribution is 5.97. The first-order chi connectivity index (χ1) is 9.22. The van der Waals surface area contributed by atoms with Crippen molar-refractivity contribution in [2.45, 2.75) is 19.3 Å². The van der Waals surface area contributed by atoms with Crippen LogP contribution >= 0.6 is 0 Å². The minimum atomic E-state index is -0.138. The number of nitrogens with two attached hydrogens (primary N) is 1. The van der Waals surface area contributed by atoms with Crippen LogP contribution in [-0.2, 0) is 4.79 Å². The van der Waals surface area contributed by atoms with Crippen LogP contribution in [0.15, 0.2) is 12.1 Å². The predicted molar refractivity (Wildman–Crippen MR) is 74.0 cm³/mol. The highest BCUT2D eigenvalue weighted by Crippen LogP contribution is 2.35. The lowest BCUT2D eigenvalue weighted by atomic mass is 10.1. The molecule has 1 saturated heterocycles. The van der Waals surface area contributed by atoms with E-state index in [0.717, 1.165) is 18.8 Å². The van der Waals surface area contributed by atoms with Gasteiger partial charge < -0.3 is 21.2 Å². The van der Waals surface area contributed by atoms with Crippen LogP contribution in [0.25, 0.3) is 0 Å². The second kappa shape index (κ2) is 4.97. The van der Waals surface area contributed by atoms with E-state index < -0.39 is 0 Å². The SMILES string of the molecule is Nc1cc2c(cc1NN1CCCCC1)NC(=O)CO2. The number of hydrazine groups is 1. The Labute approximate surface area is 111 Å². The standard InChI is InChI=1S/C13H18N4O2/c14-9-6-12-11(15-13(18)8-19-12)7-10(9)16-17-4-2-1-3-5-17/h6-7,16H,1-5,8,14H2,(H,15,18). The van der Waals surface area contributed by atoms with Crippen molar-refractivity contribution in [2.75, 3.05) is 36.2 Å². The van der Waals surface area contributed by atoms with Crippen molar-refractivity contribution in [2.24, 2.45) is 0 Å². The number of fused-ring (bicyclic) bond motifs is 1. The molecule has 102 valence electrons. The Bertz CT molecular complexity index is 498. The van der Waals surface area contributed by atoms with Crippen LogP contribution in [-0.4, -0.2) is 30.6 Å². The molecule has 0 radical (unpaired) electrons. The van der Waals surface area contributed by atoms with Crippen LogP contribution in [0.3, 0.4) is 0 Å². The summed E-state index contributed by atoms with van der Waals surface area (Å²) in [5, 5.41) is 4.95. The fourth-order valence-corrected chi connectivity index (χ4v) is 2.42. The maximum atomic E-state index is 11.3. The number of benzene rings is 1. The van der Waals surface area contributed by atoms with Crippen molar-refractivity contribution in [1.82, 2.24) is 5.01 Å². The quantitative estimate of drug-likeness (QED) is 0.702. The molecule has 4 N–H and O–H groups in total. The lowest BCUT2D eigenvalue weighted by molar-refractivity contribution is -0.118. The average Bonchev–Trinajstić information content (AvgIpc) is 2.41. The maximum absolute atomic E-state index is 11.3. The molecule has 0 saturated carbocycles. The zero-order chi connectivity index (χ0) is 13.2. The Morgan fingerprint density at radius 1 is 1.26 bits per heavy atom. The molecule has 2 heterocycles. The summed E-state index contributed by atoms with van der Waals surface area (Å²) in [6.07, 6.45) is 3.66. The van der Waals surface area contributed by atoms with Crippen molar-refractivity contribution in [1.29, 1.82) is 0 Å². The van der Waals surface area contributed by atoms with Gasteiger partial charge in [0, 0.05) is 19.2 Å². The van der Waals surface area contributed by atoms with E-state index in [-0.39, 0.29) is 12.5 Å². The summed E-state index contributed by atoms with van der Waals surface area (Å²) in [6, 6.07) is 3.58. The van der Waals surface area contributed by atoms with Gasteiger partial charge in [0.15, 0.2) is 6.61 Å². The summed E-state index contributed by atoms with van der Waals surface area (Å²) in [5.74, 6) is 0.488. The van der Waals surface area contributed by atoms with Gasteiger partial charge in [0.05, 0.1) is 17.1 Å². The van der Waals surface area contributed by atoms with Gasteiger partial charge in [-0.25, -0.2) is 5.01 Å². The third-order valence-electron chi connectivity index (χ3n) is 3.42. The molecular weight excluding hydrogens is 244 g/mol. The number of nitrogens with zero attached hydrogens (tertiary/aromatic N) is 1. The van der Waals surface area contributed by atoms with Gasteiger partial charge >= 0.3 is 0 Å². The van der Waals surface area contributed by atoms with Crippen LogP contribution in [0.4, 0.5) is 17.1 Å². The number of anilines is 3. The molecule has 6 heteroatoms. The Hall–Kier alpha value is -1.95. The van der Waals surface area contributed by atoms with Gasteiger partial charge in [-0.2, -0.15) is 0 Å². The van der Waals surface area contributed by atoms with Crippen molar-refractivity contribution in [3.8, 4) is 5.75 Å². The summed E-state index contributed by atoms with van der Waals surface area (Å²) in [6.45, 7) is 2.07. The molecule has 0 unspecified atom stereocenters. The van der Waals surface area contributed by atoms with E-state index in [1.807, 2.05) is 6.07 Å². The Kier molecular flexibility index (Phi) is 3.16. The zero-order valence-corrected chi connectivity index (χ0v) is 10.7. The van der Waals surface area contributed by atoms with Gasteiger partial charge in [-0.1, -0.05) is 6.42 Å². The number of carbonyl (C=O) groups excluding carboxylic acids is 1. The van der Waals surface area contributed by atoms with Gasteiger partial charge in [-0.05, 0) is 18.9 Å². The van der Waals surface area contributed by atoms with E-state index in [1.54, 1.807) is 6.07 Å². The number of nitrogens with one attached hydrogen (secondary N) is 2. The molecule has 1 fully saturated rings. The molecule has 1 aromatic rings. The first-order valence-electron chi connectivity index (χ1n) is 6.60. The van der Waals surface area contributed by atoms with Crippen molar-refractivity contribution in [3.05, 3.63) is 12.1 Å². The van der Waals surface area contributed by atoms with Crippen LogP contribution in [0.5, 0.6) is 5.75 Å². The molecule has 3 rings (SSSR count). The fourth-order valence-electron chi connectivity index (χ4n) is 2.42. The zero-order valence-electron chi connectivity index (χ0n) is 10.7. The average molecular weight is 262 g/mol. The summed E-state index contributed by atoms with van der Waals surface area (Å²) in [5.41, 5.74) is 11.4. The second-order valence-electron chi connectivity index (χ2n) is 4.93. The number of hydrogen-bond acceptors (Lipinski definition) is 5. The Morgan fingerprint density at radius 3 is 2.84 bits per heavy atom. The normalized spacial score (nSPS) is 19.3. The topological polar surface area (TPSA) is 79.6 Å². The van der Waals surface area contributed by atoms with Gasteiger partial charge in [0.1, 0.15) is 5.75 Å². The lowest BCUT2D eigenvalue weighted by Gasteiger charge is -2.29. The fraction of sp³-hybridized carbons (Fsp3) is 0.462. The molecule has 19 heavy (non-hydrogen) atoms. The van der Waals surface area contributed by atoms with Crippen molar-refractivity contribution < 1.29 is 9.53 Å². The Morgan fingerprint density at radius 2 is 2.05 bits per heavy atom. The number of rotatable bonds is 2. The minimum absolute atomic E-state index is 0.0470. The predicted octanol–water partition coefficient (Wildman–Crippen LogP) is 1.41. The Balaban J connectivity index is 1.80. The molecule has 2 aliphatic heterocycles. The van der Waals surface area contributed by atoms with E-state index in [2.05, 4.69) is 15.8 Å². The molecule has 1 amide bonds. The first kappa shape index (κ1) is 12.1. The number of amides is 1. The van der Waals surface area contributed by atoms with E-state index in [4.69, 9.17) is 10.5 Å². The van der Waals surface area contributed by atoms with Gasteiger partial charge in [0.25, 0.3) is 5.91 Å². The van der Waals surface area contributed by atoms with E-state index >= 15 is 0 Å². The minimum Gasteiger partial charge on any atom is -0.482 e. The van der Waals surface area contributed by atoms with Crippen LogP contribution in [0.2, 0.25) is 0 Å². The van der Waals surface area contributed by atoms with Crippen molar-refractivity contribution >= 4 is 23.0 Å². The molecule has 0 spiro atoms. The summed E-state index contributed by atoms with van der Waals surface area (Å²) in [7, 11) is 0. The van der Waals surface area contributed by atoms with Crippen LogP contribution in [0, 0.1) is 0 Å². The van der Waals surface area contributed by atoms with Gasteiger partial charge in [0.2, 0.25) is 0 Å². The third kappa shape index (κ3) is 2.58. The molecule has 1 aromatic carbocycles. The molecular formula is C13H18N4O2. The smallest absolute Gasteiger partial charge is 0.262 e. The molecule has 0 bridgehead atoms. The number of carbonyl (C=O) groups is 1. The monoisotopic (exact) mass is 262 g/mol. The molecule has 0 aliphatic carbocycles. The molecule has 0 atom stereocenters. The van der Waals surface area contributed by atoms with Crippen molar-refractivity contribution in [3.63, 3.8) is 0 Å². The number of ether oxygens (including phenoxy) is 1. The number of piperidine rings is 1. The van der Waals surface area contributed by atoms with Crippen LogP contribution < -0.4 is 21.2 Å². The largest absolute Gasteiger partial charge is 0.482 e. The summed E-state index contributed by atoms with van der Waals surface area (Å²) in [4.78, 5) is 11.3. The van der Waals surface area contributed by atoms with Gasteiger partial charge in [-0.15, -0.1) is 0 Å². The summed E-state index contributed by atoms with van der Waals surface area (Å²) < 4.78 is 5.33. The highest BCUT2D eigenvalue weighted by atomic mass is 16.5. The number of nitrogen functional groups attached to an aromatic ring is 1. The maximum Gasteiger partial charge on any atom is 0.262 e. The van der Waals surface area contributed by atoms with E-state index in [0.29, 0.717) is 17.1 Å².